The summed E-state index contributed by atoms with van der Waals surface area (Å²) < 4.78 is 35.9. The van der Waals surface area contributed by atoms with E-state index in [4.69, 9.17) is 4.74 Å². The van der Waals surface area contributed by atoms with Gasteiger partial charge in [-0.1, -0.05) is 60.7 Å². The lowest BCUT2D eigenvalue weighted by Gasteiger charge is -2.14. The van der Waals surface area contributed by atoms with Crippen LogP contribution >= 0.6 is 0 Å². The van der Waals surface area contributed by atoms with Crippen molar-refractivity contribution in [2.45, 2.75) is 19.6 Å². The minimum Gasteiger partial charge on any atom is -0.488 e. The average molecular weight is 523 g/mol. The predicted molar refractivity (Wildman–Crippen MR) is 145 cm³/mol. The summed E-state index contributed by atoms with van der Waals surface area (Å²) in [6, 6.07) is 23.2. The van der Waals surface area contributed by atoms with Crippen LogP contribution in [0.5, 0.6) is 5.75 Å². The van der Waals surface area contributed by atoms with Crippen molar-refractivity contribution in [3.05, 3.63) is 103 Å². The van der Waals surface area contributed by atoms with Crippen LogP contribution in [0.15, 0.2) is 97.7 Å². The highest BCUT2D eigenvalue weighted by atomic mass is 19.3. The van der Waals surface area contributed by atoms with Crippen molar-refractivity contribution in [1.82, 2.24) is 29.5 Å². The number of fused-ring (bicyclic) bond motifs is 1. The molecule has 0 fully saturated rings. The first-order chi connectivity index (χ1) is 19.0. The number of hydrogen-bond donors (Lipinski definition) is 0. The van der Waals surface area contributed by atoms with Crippen LogP contribution in [0.3, 0.4) is 0 Å². The monoisotopic (exact) mass is 522 g/mol. The van der Waals surface area contributed by atoms with E-state index in [2.05, 4.69) is 20.2 Å². The maximum atomic E-state index is 13.3. The number of aromatic nitrogens is 6. The van der Waals surface area contributed by atoms with E-state index in [9.17, 15) is 8.78 Å². The standard InChI is InChI=1S/C30H24F2N6O/c1-37-15-22(14-35-37)23-12-26-24(13-27(23)39-18-20-8-4-2-5-9-20)30(34-19-33-26)25-16-38(17-28(31)32)36-29(25)21-10-6-3-7-11-21/h2-16,19,28H,17-18H2,1H3. The van der Waals surface area contributed by atoms with Crippen LogP contribution < -0.4 is 4.74 Å². The Morgan fingerprint density at radius 1 is 0.846 bits per heavy atom. The second-order valence-corrected chi connectivity index (χ2v) is 9.14. The Morgan fingerprint density at radius 3 is 2.33 bits per heavy atom. The second kappa shape index (κ2) is 10.4. The molecule has 0 aliphatic rings. The highest BCUT2D eigenvalue weighted by molar-refractivity contribution is 5.99. The summed E-state index contributed by atoms with van der Waals surface area (Å²) in [6.45, 7) is -0.149. The third-order valence-corrected chi connectivity index (χ3v) is 6.38. The molecule has 3 heterocycles. The van der Waals surface area contributed by atoms with E-state index in [0.717, 1.165) is 27.6 Å². The number of hydrogen-bond acceptors (Lipinski definition) is 5. The number of benzene rings is 3. The van der Waals surface area contributed by atoms with Gasteiger partial charge < -0.3 is 4.74 Å². The average Bonchev–Trinajstić information content (AvgIpc) is 3.58. The Morgan fingerprint density at radius 2 is 1.62 bits per heavy atom. The fraction of sp³-hybridized carbons (Fsp3) is 0.133. The van der Waals surface area contributed by atoms with Gasteiger partial charge in [0.1, 0.15) is 30.9 Å². The molecule has 6 aromatic rings. The van der Waals surface area contributed by atoms with Crippen molar-refractivity contribution in [3.63, 3.8) is 0 Å². The van der Waals surface area contributed by atoms with Gasteiger partial charge in [0.25, 0.3) is 6.43 Å². The van der Waals surface area contributed by atoms with E-state index >= 15 is 0 Å². The molecule has 0 atom stereocenters. The van der Waals surface area contributed by atoms with Crippen LogP contribution in [0.4, 0.5) is 8.78 Å². The van der Waals surface area contributed by atoms with E-state index in [1.54, 1.807) is 17.1 Å². The van der Waals surface area contributed by atoms with Crippen molar-refractivity contribution >= 4 is 10.9 Å². The Bertz CT molecular complexity index is 1730. The molecule has 194 valence electrons. The van der Waals surface area contributed by atoms with E-state index in [0.29, 0.717) is 34.8 Å². The molecule has 0 aliphatic carbocycles. The SMILES string of the molecule is Cn1cc(-c2cc3ncnc(-c4cn(CC(F)F)nc4-c4ccccc4)c3cc2OCc2ccccc2)cn1. The van der Waals surface area contributed by atoms with Crippen molar-refractivity contribution < 1.29 is 13.5 Å². The van der Waals surface area contributed by atoms with Gasteiger partial charge in [-0.15, -0.1) is 0 Å². The first-order valence-electron chi connectivity index (χ1n) is 12.4. The number of halogens is 2. The van der Waals surface area contributed by atoms with Crippen LogP contribution in [-0.4, -0.2) is 36.0 Å². The van der Waals surface area contributed by atoms with Crippen molar-refractivity contribution in [1.29, 1.82) is 0 Å². The first kappa shape index (κ1) is 24.4. The Balaban J connectivity index is 1.52. The summed E-state index contributed by atoms with van der Waals surface area (Å²) in [4.78, 5) is 9.13. The highest BCUT2D eigenvalue weighted by Gasteiger charge is 2.20. The molecule has 0 bridgehead atoms. The second-order valence-electron chi connectivity index (χ2n) is 9.14. The lowest BCUT2D eigenvalue weighted by molar-refractivity contribution is 0.122. The molecule has 9 heteroatoms. The van der Waals surface area contributed by atoms with Gasteiger partial charge in [-0.05, 0) is 17.7 Å². The molecular formula is C30H24F2N6O. The zero-order valence-electron chi connectivity index (χ0n) is 21.1. The van der Waals surface area contributed by atoms with Gasteiger partial charge in [0, 0.05) is 47.1 Å². The number of ether oxygens (including phenoxy) is 1. The summed E-state index contributed by atoms with van der Waals surface area (Å²) in [5.74, 6) is 0.636. The summed E-state index contributed by atoms with van der Waals surface area (Å²) in [5, 5.41) is 9.55. The van der Waals surface area contributed by atoms with Gasteiger partial charge in [-0.25, -0.2) is 18.7 Å². The minimum absolute atomic E-state index is 0.365. The number of nitrogens with zero attached hydrogens (tertiary/aromatic N) is 6. The van der Waals surface area contributed by atoms with Gasteiger partial charge in [0.15, 0.2) is 0 Å². The summed E-state index contributed by atoms with van der Waals surface area (Å²) in [7, 11) is 1.86. The van der Waals surface area contributed by atoms with Crippen molar-refractivity contribution in [2.75, 3.05) is 0 Å². The predicted octanol–water partition coefficient (Wildman–Crippen LogP) is 6.40. The molecule has 0 spiro atoms. The lowest BCUT2D eigenvalue weighted by Crippen LogP contribution is -2.06. The minimum atomic E-state index is -2.54. The quantitative estimate of drug-likeness (QED) is 0.231. The van der Waals surface area contributed by atoms with Crippen LogP contribution in [0.2, 0.25) is 0 Å². The Labute approximate surface area is 223 Å². The third kappa shape index (κ3) is 5.11. The Kier molecular flexibility index (Phi) is 6.54. The molecule has 0 aliphatic heterocycles. The zero-order chi connectivity index (χ0) is 26.8. The molecular weight excluding hydrogens is 498 g/mol. The van der Waals surface area contributed by atoms with E-state index < -0.39 is 13.0 Å². The van der Waals surface area contributed by atoms with E-state index in [1.165, 1.54) is 11.0 Å². The molecule has 3 aromatic heterocycles. The molecule has 0 radical (unpaired) electrons. The molecule has 0 saturated carbocycles. The number of alkyl halides is 2. The fourth-order valence-electron chi connectivity index (χ4n) is 4.58. The largest absolute Gasteiger partial charge is 0.488 e. The zero-order valence-corrected chi connectivity index (χ0v) is 21.1. The Hall–Kier alpha value is -4.92. The normalized spacial score (nSPS) is 11.4. The van der Waals surface area contributed by atoms with Gasteiger partial charge in [0.2, 0.25) is 0 Å². The highest BCUT2D eigenvalue weighted by Crippen LogP contribution is 2.39. The fourth-order valence-corrected chi connectivity index (χ4v) is 4.58. The van der Waals surface area contributed by atoms with Gasteiger partial charge in [0.05, 0.1) is 17.4 Å². The lowest BCUT2D eigenvalue weighted by atomic mass is 10.00. The molecule has 0 unspecified atom stereocenters. The maximum Gasteiger partial charge on any atom is 0.257 e. The van der Waals surface area contributed by atoms with Gasteiger partial charge in [-0.2, -0.15) is 10.2 Å². The molecule has 6 rings (SSSR count). The van der Waals surface area contributed by atoms with E-state index in [-0.39, 0.29) is 0 Å². The first-order valence-corrected chi connectivity index (χ1v) is 12.4. The van der Waals surface area contributed by atoms with Crippen LogP contribution in [0.25, 0.3) is 44.5 Å². The van der Waals surface area contributed by atoms with Crippen LogP contribution in [0.1, 0.15) is 5.56 Å². The third-order valence-electron chi connectivity index (χ3n) is 6.38. The topological polar surface area (TPSA) is 70.7 Å². The smallest absolute Gasteiger partial charge is 0.257 e. The molecule has 3 aromatic carbocycles. The molecule has 0 N–H and O–H groups in total. The number of rotatable bonds is 8. The van der Waals surface area contributed by atoms with E-state index in [1.807, 2.05) is 86.0 Å². The molecule has 7 nitrogen and oxygen atoms in total. The molecule has 39 heavy (non-hydrogen) atoms. The van der Waals surface area contributed by atoms with Crippen molar-refractivity contribution in [2.24, 2.45) is 7.05 Å². The number of aryl methyl sites for hydroxylation is 1. The van der Waals surface area contributed by atoms with Gasteiger partial charge >= 0.3 is 0 Å². The summed E-state index contributed by atoms with van der Waals surface area (Å²) in [5.41, 5.74) is 6.04. The molecule has 0 saturated heterocycles. The molecule has 0 amide bonds. The summed E-state index contributed by atoms with van der Waals surface area (Å²) in [6.07, 6.45) is 4.26. The summed E-state index contributed by atoms with van der Waals surface area (Å²) >= 11 is 0. The maximum absolute atomic E-state index is 13.3. The van der Waals surface area contributed by atoms with Gasteiger partial charge in [-0.3, -0.25) is 9.36 Å². The van der Waals surface area contributed by atoms with Crippen LogP contribution in [0, 0.1) is 0 Å². The van der Waals surface area contributed by atoms with Crippen molar-refractivity contribution in [3.8, 4) is 39.4 Å². The van der Waals surface area contributed by atoms with Crippen LogP contribution in [-0.2, 0) is 20.2 Å².